The number of benzene rings is 1. The number of thioether (sulfide) groups is 1. The molecule has 0 atom stereocenters. The molecule has 0 radical (unpaired) electrons. The van der Waals surface area contributed by atoms with E-state index in [2.05, 4.69) is 10.2 Å². The fourth-order valence-electron chi connectivity index (χ4n) is 2.69. The van der Waals surface area contributed by atoms with Crippen molar-refractivity contribution < 1.29 is 9.59 Å². The Hall–Kier alpha value is -1.04. The Morgan fingerprint density at radius 3 is 2.43 bits per heavy atom. The summed E-state index contributed by atoms with van der Waals surface area (Å²) in [6, 6.07) is 7.42. The second-order valence-corrected chi connectivity index (χ2v) is 7.03. The average Bonchev–Trinajstić information content (AvgIpc) is 2.61. The Morgan fingerprint density at radius 1 is 1.09 bits per heavy atom. The first-order valence-electron chi connectivity index (χ1n) is 8.08. The molecule has 1 aliphatic rings. The largest absolute Gasteiger partial charge is 0.351 e. The predicted molar refractivity (Wildman–Crippen MR) is 95.5 cm³/mol. The molecule has 0 bridgehead atoms. The minimum absolute atomic E-state index is 0.116. The van der Waals surface area contributed by atoms with E-state index < -0.39 is 0 Å². The zero-order valence-corrected chi connectivity index (χ0v) is 14.7. The maximum absolute atomic E-state index is 12.2. The number of hydrogen-bond acceptors (Lipinski definition) is 4. The van der Waals surface area contributed by atoms with Crippen LogP contribution >= 0.6 is 23.5 Å². The van der Waals surface area contributed by atoms with Crippen LogP contribution in [0.25, 0.3) is 0 Å². The van der Waals surface area contributed by atoms with Crippen LogP contribution in [-0.2, 0) is 10.5 Å². The van der Waals surface area contributed by atoms with E-state index in [1.165, 1.54) is 31.0 Å². The summed E-state index contributed by atoms with van der Waals surface area (Å²) in [4.78, 5) is 26.5. The standard InChI is InChI=1S/C17H23ClN2O2S/c18-20-11-10-19-16(21)14-8-6-13(7-9-14)12-23-17(22)15-4-2-1-3-5-15/h6-9,15,20H,1-5,10-12H2,(H,19,21). The number of carbonyl (C=O) groups is 2. The fourth-order valence-corrected chi connectivity index (χ4v) is 3.76. The molecular formula is C17H23ClN2O2S. The van der Waals surface area contributed by atoms with Crippen LogP contribution in [0.1, 0.15) is 48.0 Å². The normalized spacial score (nSPS) is 15.3. The Kier molecular flexibility index (Phi) is 7.92. The summed E-state index contributed by atoms with van der Waals surface area (Å²) in [5, 5.41) is 3.09. The summed E-state index contributed by atoms with van der Waals surface area (Å²) in [7, 11) is 0. The lowest BCUT2D eigenvalue weighted by Gasteiger charge is -2.19. The summed E-state index contributed by atoms with van der Waals surface area (Å²) >= 11 is 6.74. The quantitative estimate of drug-likeness (QED) is 0.581. The highest BCUT2D eigenvalue weighted by Gasteiger charge is 2.21. The van der Waals surface area contributed by atoms with Crippen molar-refractivity contribution in [1.82, 2.24) is 10.2 Å². The van der Waals surface area contributed by atoms with Crippen LogP contribution in [0.15, 0.2) is 24.3 Å². The van der Waals surface area contributed by atoms with Gasteiger partial charge in [-0.3, -0.25) is 9.59 Å². The number of rotatable bonds is 7. The molecule has 0 unspecified atom stereocenters. The van der Waals surface area contributed by atoms with Gasteiger partial charge >= 0.3 is 0 Å². The number of carbonyl (C=O) groups excluding carboxylic acids is 2. The van der Waals surface area contributed by atoms with Gasteiger partial charge in [0.15, 0.2) is 5.12 Å². The van der Waals surface area contributed by atoms with Gasteiger partial charge < -0.3 is 5.32 Å². The third kappa shape index (κ3) is 6.16. The molecule has 126 valence electrons. The fraction of sp³-hybridized carbons (Fsp3) is 0.529. The lowest BCUT2D eigenvalue weighted by Crippen LogP contribution is -2.29. The van der Waals surface area contributed by atoms with Crippen molar-refractivity contribution >= 4 is 34.6 Å². The van der Waals surface area contributed by atoms with Gasteiger partial charge in [-0.1, -0.05) is 43.2 Å². The smallest absolute Gasteiger partial charge is 0.251 e. The molecule has 1 fully saturated rings. The zero-order valence-electron chi connectivity index (χ0n) is 13.1. The molecule has 2 N–H and O–H groups in total. The molecule has 1 amide bonds. The van der Waals surface area contributed by atoms with Crippen molar-refractivity contribution in [3.8, 4) is 0 Å². The molecule has 1 aliphatic carbocycles. The molecule has 1 saturated carbocycles. The first kappa shape index (κ1) is 18.3. The van der Waals surface area contributed by atoms with Gasteiger partial charge in [0, 0.05) is 30.3 Å². The molecule has 0 heterocycles. The van der Waals surface area contributed by atoms with Gasteiger partial charge in [0.1, 0.15) is 0 Å². The highest BCUT2D eigenvalue weighted by atomic mass is 35.5. The minimum Gasteiger partial charge on any atom is -0.351 e. The summed E-state index contributed by atoms with van der Waals surface area (Å²) < 4.78 is 0. The predicted octanol–water partition coefficient (Wildman–Crippen LogP) is 3.50. The van der Waals surface area contributed by atoms with E-state index in [0.717, 1.165) is 18.4 Å². The molecule has 6 heteroatoms. The molecule has 2 rings (SSSR count). The monoisotopic (exact) mass is 354 g/mol. The molecule has 1 aromatic rings. The number of halogens is 1. The van der Waals surface area contributed by atoms with Crippen LogP contribution in [0, 0.1) is 5.92 Å². The molecule has 4 nitrogen and oxygen atoms in total. The van der Waals surface area contributed by atoms with Crippen molar-refractivity contribution in [2.45, 2.75) is 37.9 Å². The third-order valence-electron chi connectivity index (χ3n) is 4.04. The molecule has 0 spiro atoms. The van der Waals surface area contributed by atoms with E-state index in [1.54, 1.807) is 12.1 Å². The minimum atomic E-state index is -0.116. The van der Waals surface area contributed by atoms with E-state index in [1.807, 2.05) is 12.1 Å². The van der Waals surface area contributed by atoms with Gasteiger partial charge in [-0.05, 0) is 42.3 Å². The molecule has 1 aromatic carbocycles. The summed E-state index contributed by atoms with van der Waals surface area (Å²) in [6.45, 7) is 1.00. The van der Waals surface area contributed by atoms with Crippen LogP contribution in [0.4, 0.5) is 0 Å². The van der Waals surface area contributed by atoms with Crippen LogP contribution < -0.4 is 10.2 Å². The Morgan fingerprint density at radius 2 is 1.78 bits per heavy atom. The van der Waals surface area contributed by atoms with Crippen LogP contribution in [0.3, 0.4) is 0 Å². The molecule has 0 aromatic heterocycles. The highest BCUT2D eigenvalue weighted by molar-refractivity contribution is 8.13. The second kappa shape index (κ2) is 9.96. The second-order valence-electron chi connectivity index (χ2n) is 5.78. The Bertz CT molecular complexity index is 516. The van der Waals surface area contributed by atoms with E-state index in [9.17, 15) is 9.59 Å². The van der Waals surface area contributed by atoms with Gasteiger partial charge in [0.25, 0.3) is 5.91 Å². The first-order valence-corrected chi connectivity index (χ1v) is 9.44. The molecule has 0 saturated heterocycles. The van der Waals surface area contributed by atoms with Gasteiger partial charge in [-0.2, -0.15) is 0 Å². The van der Waals surface area contributed by atoms with Crippen LogP contribution in [-0.4, -0.2) is 24.1 Å². The zero-order chi connectivity index (χ0) is 16.5. The van der Waals surface area contributed by atoms with Gasteiger partial charge in [0.2, 0.25) is 0 Å². The van der Waals surface area contributed by atoms with E-state index in [0.29, 0.717) is 29.5 Å². The Labute approximate surface area is 146 Å². The van der Waals surface area contributed by atoms with Crippen molar-refractivity contribution in [1.29, 1.82) is 0 Å². The van der Waals surface area contributed by atoms with Crippen molar-refractivity contribution in [2.75, 3.05) is 13.1 Å². The maximum Gasteiger partial charge on any atom is 0.251 e. The summed E-state index contributed by atoms with van der Waals surface area (Å²) in [6.07, 6.45) is 5.71. The van der Waals surface area contributed by atoms with Crippen LogP contribution in [0.2, 0.25) is 0 Å². The Balaban J connectivity index is 1.78. The maximum atomic E-state index is 12.2. The SMILES string of the molecule is O=C(NCCNCl)c1ccc(CSC(=O)C2CCCCC2)cc1. The first-order chi connectivity index (χ1) is 11.2. The average molecular weight is 355 g/mol. The number of hydrogen-bond donors (Lipinski definition) is 2. The van der Waals surface area contributed by atoms with Crippen molar-refractivity contribution in [3.05, 3.63) is 35.4 Å². The van der Waals surface area contributed by atoms with E-state index in [-0.39, 0.29) is 11.8 Å². The van der Waals surface area contributed by atoms with E-state index in [4.69, 9.17) is 11.8 Å². The van der Waals surface area contributed by atoms with Gasteiger partial charge in [-0.25, -0.2) is 4.84 Å². The van der Waals surface area contributed by atoms with E-state index >= 15 is 0 Å². The molecule has 0 aliphatic heterocycles. The highest BCUT2D eigenvalue weighted by Crippen LogP contribution is 2.29. The summed E-state index contributed by atoms with van der Waals surface area (Å²) in [5.74, 6) is 0.802. The third-order valence-corrected chi connectivity index (χ3v) is 5.33. The summed E-state index contributed by atoms with van der Waals surface area (Å²) in [5.41, 5.74) is 1.69. The number of nitrogens with one attached hydrogen (secondary N) is 2. The van der Waals surface area contributed by atoms with Gasteiger partial charge in [0.05, 0.1) is 0 Å². The molecule has 23 heavy (non-hydrogen) atoms. The lowest BCUT2D eigenvalue weighted by molar-refractivity contribution is -0.115. The van der Waals surface area contributed by atoms with Crippen molar-refractivity contribution in [2.24, 2.45) is 5.92 Å². The lowest BCUT2D eigenvalue weighted by atomic mass is 9.90. The number of amides is 1. The van der Waals surface area contributed by atoms with Gasteiger partial charge in [-0.15, -0.1) is 0 Å². The van der Waals surface area contributed by atoms with Crippen molar-refractivity contribution in [3.63, 3.8) is 0 Å². The topological polar surface area (TPSA) is 58.2 Å². The molecular weight excluding hydrogens is 332 g/mol. The van der Waals surface area contributed by atoms with Crippen LogP contribution in [0.5, 0.6) is 0 Å².